The molecule has 0 aromatic heterocycles. The minimum atomic E-state index is -0.790. The van der Waals surface area contributed by atoms with Gasteiger partial charge in [-0.15, -0.1) is 0 Å². The predicted molar refractivity (Wildman–Crippen MR) is 85.9 cm³/mol. The van der Waals surface area contributed by atoms with Gasteiger partial charge in [-0.05, 0) is 43.4 Å². The van der Waals surface area contributed by atoms with E-state index in [-0.39, 0.29) is 41.2 Å². The number of carbonyl (C=O) groups is 4. The molecule has 24 heavy (non-hydrogen) atoms. The minimum absolute atomic E-state index is 0.120. The number of rotatable bonds is 2. The first-order valence-electron chi connectivity index (χ1n) is 8.85. The quantitative estimate of drug-likeness (QED) is 0.572. The number of cyclic esters (lactones) is 1. The summed E-state index contributed by atoms with van der Waals surface area (Å²) in [5.41, 5.74) is -1.06. The molecule has 1 aliphatic heterocycles. The van der Waals surface area contributed by atoms with Gasteiger partial charge in [0.05, 0.1) is 5.92 Å². The molecule has 132 valence electrons. The number of ether oxygens (including phenoxy) is 1. The summed E-state index contributed by atoms with van der Waals surface area (Å²) in [6, 6.07) is 0. The molecule has 5 nitrogen and oxygen atoms in total. The molecule has 0 radical (unpaired) electrons. The maximum Gasteiger partial charge on any atom is 0.310 e. The Morgan fingerprint density at radius 2 is 1.92 bits per heavy atom. The average Bonchev–Trinajstić information content (AvgIpc) is 2.49. The predicted octanol–water partition coefficient (Wildman–Crippen LogP) is 2.35. The molecule has 7 atom stereocenters. The number of esters is 1. The first-order chi connectivity index (χ1) is 11.1. The van der Waals surface area contributed by atoms with Gasteiger partial charge in [0.1, 0.15) is 11.6 Å². The van der Waals surface area contributed by atoms with Crippen molar-refractivity contribution < 1.29 is 23.9 Å². The molecule has 3 rings (SSSR count). The summed E-state index contributed by atoms with van der Waals surface area (Å²) in [5, 5.41) is 0. The van der Waals surface area contributed by atoms with Gasteiger partial charge in [0, 0.05) is 17.8 Å². The number of aldehydes is 1. The van der Waals surface area contributed by atoms with Crippen molar-refractivity contribution in [2.24, 2.45) is 34.5 Å². The summed E-state index contributed by atoms with van der Waals surface area (Å²) in [4.78, 5) is 49.1. The van der Waals surface area contributed by atoms with Crippen molar-refractivity contribution in [2.75, 3.05) is 0 Å². The molecule has 1 heterocycles. The summed E-state index contributed by atoms with van der Waals surface area (Å²) in [7, 11) is 0. The molecule has 0 bridgehead atoms. The lowest BCUT2D eigenvalue weighted by atomic mass is 9.42. The number of ketones is 2. The third-order valence-corrected chi connectivity index (χ3v) is 7.08. The first kappa shape index (κ1) is 17.3. The van der Waals surface area contributed by atoms with Crippen LogP contribution in [0.25, 0.3) is 0 Å². The van der Waals surface area contributed by atoms with Crippen LogP contribution in [-0.2, 0) is 23.9 Å². The fraction of sp³-hybridized carbons (Fsp3) is 0.789. The SMILES string of the molecule is CC(=O)[C@@H]1C[C@H](C)C(=O)[C@H]2[C@@]1(C)CC[C@H]1C(=O)O[C@@H](C=O)C[C@]21C. The van der Waals surface area contributed by atoms with Gasteiger partial charge in [0.15, 0.2) is 12.4 Å². The van der Waals surface area contributed by atoms with Crippen molar-refractivity contribution in [2.45, 2.75) is 59.5 Å². The van der Waals surface area contributed by atoms with Crippen LogP contribution in [0.2, 0.25) is 0 Å². The molecule has 0 unspecified atom stereocenters. The van der Waals surface area contributed by atoms with Gasteiger partial charge in [-0.1, -0.05) is 20.8 Å². The van der Waals surface area contributed by atoms with Gasteiger partial charge >= 0.3 is 5.97 Å². The largest absolute Gasteiger partial charge is 0.454 e. The van der Waals surface area contributed by atoms with Gasteiger partial charge in [-0.2, -0.15) is 0 Å². The van der Waals surface area contributed by atoms with E-state index in [4.69, 9.17) is 4.74 Å². The number of hydrogen-bond acceptors (Lipinski definition) is 5. The second-order valence-electron chi connectivity index (χ2n) is 8.55. The zero-order valence-corrected chi connectivity index (χ0v) is 14.8. The van der Waals surface area contributed by atoms with Crippen LogP contribution in [0.1, 0.15) is 53.4 Å². The fourth-order valence-corrected chi connectivity index (χ4v) is 5.99. The summed E-state index contributed by atoms with van der Waals surface area (Å²) >= 11 is 0. The zero-order valence-electron chi connectivity index (χ0n) is 14.8. The van der Waals surface area contributed by atoms with Crippen LogP contribution in [0.5, 0.6) is 0 Å². The summed E-state index contributed by atoms with van der Waals surface area (Å²) in [6.07, 6.45) is 2.10. The maximum absolute atomic E-state index is 13.1. The Balaban J connectivity index is 2.11. The lowest BCUT2D eigenvalue weighted by Gasteiger charge is -2.61. The molecular weight excluding hydrogens is 308 g/mol. The monoisotopic (exact) mass is 334 g/mol. The average molecular weight is 334 g/mol. The Labute approximate surface area is 142 Å². The Morgan fingerprint density at radius 3 is 2.50 bits per heavy atom. The Kier molecular flexibility index (Phi) is 3.97. The maximum atomic E-state index is 13.1. The molecule has 5 heteroatoms. The third kappa shape index (κ3) is 2.20. The smallest absolute Gasteiger partial charge is 0.310 e. The van der Waals surface area contributed by atoms with Gasteiger partial charge in [-0.25, -0.2) is 0 Å². The van der Waals surface area contributed by atoms with E-state index in [1.165, 1.54) is 0 Å². The first-order valence-corrected chi connectivity index (χ1v) is 8.85. The molecule has 1 saturated heterocycles. The van der Waals surface area contributed by atoms with E-state index in [2.05, 4.69) is 0 Å². The number of fused-ring (bicyclic) bond motifs is 3. The zero-order chi connectivity index (χ0) is 17.9. The van der Waals surface area contributed by atoms with Gasteiger partial charge in [0.2, 0.25) is 0 Å². The lowest BCUT2D eigenvalue weighted by molar-refractivity contribution is -0.200. The van der Waals surface area contributed by atoms with E-state index in [0.717, 1.165) is 0 Å². The second kappa shape index (κ2) is 5.50. The Morgan fingerprint density at radius 1 is 1.25 bits per heavy atom. The standard InChI is InChI=1S/C19H26O5/c1-10-7-14(11(2)21)18(3)6-5-13-17(23)24-12(9-20)8-19(13,4)16(18)15(10)22/h9-10,12-14,16H,5-8H2,1-4H3/t10-,12+,13-,14-,16-,18-,19-/m0/s1. The molecule has 3 fully saturated rings. The van der Waals surface area contributed by atoms with Crippen molar-refractivity contribution in [1.29, 1.82) is 0 Å². The normalized spacial score (nSPS) is 48.1. The number of Topliss-reactive ketones (excluding diaryl/α,β-unsaturated/α-hetero) is 2. The van der Waals surface area contributed by atoms with Crippen LogP contribution in [0, 0.1) is 34.5 Å². The van der Waals surface area contributed by atoms with Crippen molar-refractivity contribution >= 4 is 23.8 Å². The number of hydrogen-bond donors (Lipinski definition) is 0. The second-order valence-corrected chi connectivity index (χ2v) is 8.55. The highest BCUT2D eigenvalue weighted by Gasteiger charge is 2.65. The van der Waals surface area contributed by atoms with E-state index >= 15 is 0 Å². The van der Waals surface area contributed by atoms with Crippen LogP contribution in [0.3, 0.4) is 0 Å². The third-order valence-electron chi connectivity index (χ3n) is 7.08. The van der Waals surface area contributed by atoms with Gasteiger partial charge < -0.3 is 4.74 Å². The molecule has 3 aliphatic rings. The van der Waals surface area contributed by atoms with Crippen LogP contribution in [0.15, 0.2) is 0 Å². The molecule has 2 aliphatic carbocycles. The molecule has 0 amide bonds. The summed E-state index contributed by atoms with van der Waals surface area (Å²) in [5.74, 6) is -1.21. The van der Waals surface area contributed by atoms with Crippen molar-refractivity contribution in [1.82, 2.24) is 0 Å². The van der Waals surface area contributed by atoms with E-state index in [1.54, 1.807) is 6.92 Å². The van der Waals surface area contributed by atoms with Crippen molar-refractivity contribution in [3.05, 3.63) is 0 Å². The highest BCUT2D eigenvalue weighted by atomic mass is 16.5. The van der Waals surface area contributed by atoms with Crippen LogP contribution in [0.4, 0.5) is 0 Å². The molecule has 0 aromatic carbocycles. The van der Waals surface area contributed by atoms with Crippen LogP contribution in [-0.4, -0.2) is 29.9 Å². The van der Waals surface area contributed by atoms with Crippen molar-refractivity contribution in [3.63, 3.8) is 0 Å². The molecular formula is C19H26O5. The van der Waals surface area contributed by atoms with Gasteiger partial charge in [0.25, 0.3) is 0 Å². The van der Waals surface area contributed by atoms with Crippen LogP contribution >= 0.6 is 0 Å². The Hall–Kier alpha value is -1.52. The highest BCUT2D eigenvalue weighted by molar-refractivity contribution is 5.91. The van der Waals surface area contributed by atoms with E-state index in [0.29, 0.717) is 32.0 Å². The van der Waals surface area contributed by atoms with E-state index in [1.807, 2.05) is 20.8 Å². The van der Waals surface area contributed by atoms with E-state index < -0.39 is 16.9 Å². The molecule has 0 aromatic rings. The van der Waals surface area contributed by atoms with Crippen molar-refractivity contribution in [3.8, 4) is 0 Å². The Bertz CT molecular complexity index is 611. The highest BCUT2D eigenvalue weighted by Crippen LogP contribution is 2.64. The fourth-order valence-electron chi connectivity index (χ4n) is 5.99. The van der Waals surface area contributed by atoms with Crippen LogP contribution < -0.4 is 0 Å². The van der Waals surface area contributed by atoms with Gasteiger partial charge in [-0.3, -0.25) is 19.2 Å². The number of carbonyl (C=O) groups excluding carboxylic acids is 4. The summed E-state index contributed by atoms with van der Waals surface area (Å²) < 4.78 is 5.23. The molecule has 0 spiro atoms. The summed E-state index contributed by atoms with van der Waals surface area (Å²) in [6.45, 7) is 7.46. The minimum Gasteiger partial charge on any atom is -0.454 e. The topological polar surface area (TPSA) is 77.5 Å². The molecule has 2 saturated carbocycles. The molecule has 0 N–H and O–H groups in total. The lowest BCUT2D eigenvalue weighted by Crippen LogP contribution is -2.63. The van der Waals surface area contributed by atoms with E-state index in [9.17, 15) is 19.2 Å².